The summed E-state index contributed by atoms with van der Waals surface area (Å²) in [5.74, 6) is -0.831. The van der Waals surface area contributed by atoms with Crippen molar-refractivity contribution in [3.63, 3.8) is 0 Å². The highest BCUT2D eigenvalue weighted by atomic mass is 32.2. The molecule has 2 aromatic rings. The highest BCUT2D eigenvalue weighted by Crippen LogP contribution is 2.28. The van der Waals surface area contributed by atoms with E-state index < -0.39 is 21.8 Å². The number of rotatable bonds is 5. The molecule has 1 N–H and O–H groups in total. The Morgan fingerprint density at radius 3 is 2.68 bits per heavy atom. The molecular formula is C20H23FN2O4S. The van der Waals surface area contributed by atoms with Gasteiger partial charge in [0.15, 0.2) is 0 Å². The number of hydrogen-bond acceptors (Lipinski definition) is 4. The second-order valence-corrected chi connectivity index (χ2v) is 8.74. The molecule has 1 aliphatic heterocycles. The van der Waals surface area contributed by atoms with Crippen molar-refractivity contribution in [2.75, 3.05) is 25.5 Å². The third-order valence-electron chi connectivity index (χ3n) is 4.89. The number of aryl methyl sites for hydroxylation is 1. The Labute approximate surface area is 164 Å². The molecular weight excluding hydrogens is 383 g/mol. The first-order valence-electron chi connectivity index (χ1n) is 9.03. The number of nitrogens with one attached hydrogen (secondary N) is 1. The highest BCUT2D eigenvalue weighted by Gasteiger charge is 2.33. The van der Waals surface area contributed by atoms with Crippen LogP contribution in [0.25, 0.3) is 0 Å². The van der Waals surface area contributed by atoms with Gasteiger partial charge in [-0.2, -0.15) is 4.31 Å². The van der Waals surface area contributed by atoms with Crippen LogP contribution in [0.1, 0.15) is 18.4 Å². The van der Waals surface area contributed by atoms with Crippen molar-refractivity contribution < 1.29 is 22.3 Å². The topological polar surface area (TPSA) is 75.7 Å². The maximum Gasteiger partial charge on any atom is 0.243 e. The maximum absolute atomic E-state index is 13.8. The largest absolute Gasteiger partial charge is 0.496 e. The summed E-state index contributed by atoms with van der Waals surface area (Å²) in [5, 5.41) is 2.56. The summed E-state index contributed by atoms with van der Waals surface area (Å²) in [5.41, 5.74) is 0.813. The Hall–Kier alpha value is -2.45. The summed E-state index contributed by atoms with van der Waals surface area (Å²) >= 11 is 0. The van der Waals surface area contributed by atoms with E-state index in [1.165, 1.54) is 35.7 Å². The molecule has 2 aromatic carbocycles. The molecule has 1 heterocycles. The first-order valence-corrected chi connectivity index (χ1v) is 10.5. The van der Waals surface area contributed by atoms with Gasteiger partial charge in [-0.05, 0) is 55.7 Å². The normalized spacial score (nSPS) is 17.9. The number of nitrogens with zero attached hydrogens (tertiary/aromatic N) is 1. The van der Waals surface area contributed by atoms with Gasteiger partial charge in [-0.15, -0.1) is 0 Å². The van der Waals surface area contributed by atoms with E-state index in [0.29, 0.717) is 25.1 Å². The first kappa shape index (κ1) is 20.3. The number of ether oxygens (including phenoxy) is 1. The molecule has 1 aliphatic rings. The fraction of sp³-hybridized carbons (Fsp3) is 0.350. The van der Waals surface area contributed by atoms with Crippen LogP contribution in [0, 0.1) is 18.7 Å². The Morgan fingerprint density at radius 2 is 2.00 bits per heavy atom. The first-order chi connectivity index (χ1) is 13.3. The van der Waals surface area contributed by atoms with Gasteiger partial charge >= 0.3 is 0 Å². The molecule has 8 heteroatoms. The van der Waals surface area contributed by atoms with Gasteiger partial charge in [-0.25, -0.2) is 12.8 Å². The van der Waals surface area contributed by atoms with E-state index in [2.05, 4.69) is 5.32 Å². The van der Waals surface area contributed by atoms with Gasteiger partial charge in [0.25, 0.3) is 0 Å². The molecule has 1 fully saturated rings. The van der Waals surface area contributed by atoms with Gasteiger partial charge in [0, 0.05) is 13.1 Å². The minimum absolute atomic E-state index is 0.0632. The van der Waals surface area contributed by atoms with Crippen LogP contribution < -0.4 is 10.1 Å². The number of sulfonamides is 1. The summed E-state index contributed by atoms with van der Waals surface area (Å²) in [7, 11) is -2.21. The van der Waals surface area contributed by atoms with Crippen LogP contribution in [0.5, 0.6) is 5.75 Å². The number of hydrogen-bond donors (Lipinski definition) is 1. The molecule has 0 unspecified atom stereocenters. The van der Waals surface area contributed by atoms with Crippen molar-refractivity contribution in [2.24, 2.45) is 5.92 Å². The second-order valence-electron chi connectivity index (χ2n) is 6.80. The molecule has 1 amide bonds. The molecule has 3 rings (SSSR count). The van der Waals surface area contributed by atoms with Gasteiger partial charge in [-0.3, -0.25) is 4.79 Å². The predicted octanol–water partition coefficient (Wildman–Crippen LogP) is 3.18. The predicted molar refractivity (Wildman–Crippen MR) is 104 cm³/mol. The molecule has 0 spiro atoms. The van der Waals surface area contributed by atoms with E-state index in [1.807, 2.05) is 0 Å². The molecule has 28 heavy (non-hydrogen) atoms. The standard InChI is InChI=1S/C20H23FN2O4S/c1-14-12-16(9-10-19(14)27-2)28(25,26)23-11-5-6-15(13-23)20(24)22-18-8-4-3-7-17(18)21/h3-4,7-10,12,15H,5-6,11,13H2,1-2H3,(H,22,24)/t15-/m0/s1. The number of benzene rings is 2. The van der Waals surface area contributed by atoms with E-state index in [1.54, 1.807) is 25.1 Å². The Morgan fingerprint density at radius 1 is 1.25 bits per heavy atom. The fourth-order valence-electron chi connectivity index (χ4n) is 3.33. The fourth-order valence-corrected chi connectivity index (χ4v) is 4.94. The lowest BCUT2D eigenvalue weighted by Gasteiger charge is -2.31. The molecule has 150 valence electrons. The lowest BCUT2D eigenvalue weighted by molar-refractivity contribution is -0.120. The van der Waals surface area contributed by atoms with Gasteiger partial charge in [-0.1, -0.05) is 12.1 Å². The molecule has 0 radical (unpaired) electrons. The third-order valence-corrected chi connectivity index (χ3v) is 6.75. The molecule has 0 aromatic heterocycles. The number of carbonyl (C=O) groups excluding carboxylic acids is 1. The number of para-hydroxylation sites is 1. The molecule has 6 nitrogen and oxygen atoms in total. The summed E-state index contributed by atoms with van der Waals surface area (Å²) in [6, 6.07) is 10.6. The average molecular weight is 406 g/mol. The van der Waals surface area contributed by atoms with Crippen molar-refractivity contribution in [1.82, 2.24) is 4.31 Å². The van der Waals surface area contributed by atoms with Crippen molar-refractivity contribution in [3.05, 3.63) is 53.8 Å². The molecule has 1 atom stereocenters. The van der Waals surface area contributed by atoms with Crippen molar-refractivity contribution in [3.8, 4) is 5.75 Å². The number of piperidine rings is 1. The van der Waals surface area contributed by atoms with Crippen molar-refractivity contribution in [1.29, 1.82) is 0 Å². The SMILES string of the molecule is COc1ccc(S(=O)(=O)N2CCC[C@H](C(=O)Nc3ccccc3F)C2)cc1C. The smallest absolute Gasteiger partial charge is 0.243 e. The van der Waals surface area contributed by atoms with Crippen LogP contribution in [-0.4, -0.2) is 38.8 Å². The summed E-state index contributed by atoms with van der Waals surface area (Å²) in [4.78, 5) is 12.7. The van der Waals surface area contributed by atoms with Crippen LogP contribution in [0.4, 0.5) is 10.1 Å². The van der Waals surface area contributed by atoms with Gasteiger partial charge in [0.05, 0.1) is 23.6 Å². The average Bonchev–Trinajstić information content (AvgIpc) is 2.69. The number of carbonyl (C=O) groups is 1. The monoisotopic (exact) mass is 406 g/mol. The van der Waals surface area contributed by atoms with Gasteiger partial charge in [0.1, 0.15) is 11.6 Å². The number of anilines is 1. The molecule has 0 bridgehead atoms. The minimum atomic E-state index is -3.73. The quantitative estimate of drug-likeness (QED) is 0.828. The Balaban J connectivity index is 1.76. The van der Waals surface area contributed by atoms with Gasteiger partial charge < -0.3 is 10.1 Å². The van der Waals surface area contributed by atoms with Gasteiger partial charge in [0.2, 0.25) is 15.9 Å². The lowest BCUT2D eigenvalue weighted by Crippen LogP contribution is -2.43. The summed E-state index contributed by atoms with van der Waals surface area (Å²) < 4.78 is 46.3. The maximum atomic E-state index is 13.8. The van der Waals surface area contributed by atoms with E-state index in [0.717, 1.165) is 5.56 Å². The van der Waals surface area contributed by atoms with Crippen LogP contribution in [0.15, 0.2) is 47.4 Å². The molecule has 0 aliphatic carbocycles. The zero-order valence-electron chi connectivity index (χ0n) is 15.8. The van der Waals surface area contributed by atoms with E-state index >= 15 is 0 Å². The molecule has 0 saturated carbocycles. The Bertz CT molecular complexity index is 978. The third kappa shape index (κ3) is 4.18. The summed E-state index contributed by atoms with van der Waals surface area (Å²) in [6.45, 7) is 2.18. The number of methoxy groups -OCH3 is 1. The number of amides is 1. The minimum Gasteiger partial charge on any atom is -0.496 e. The highest BCUT2D eigenvalue weighted by molar-refractivity contribution is 7.89. The zero-order valence-corrected chi connectivity index (χ0v) is 16.6. The van der Waals surface area contributed by atoms with E-state index in [-0.39, 0.29) is 23.0 Å². The van der Waals surface area contributed by atoms with Crippen LogP contribution in [0.2, 0.25) is 0 Å². The van der Waals surface area contributed by atoms with E-state index in [9.17, 15) is 17.6 Å². The lowest BCUT2D eigenvalue weighted by atomic mass is 9.98. The molecule has 1 saturated heterocycles. The van der Waals surface area contributed by atoms with Crippen molar-refractivity contribution >= 4 is 21.6 Å². The summed E-state index contributed by atoms with van der Waals surface area (Å²) in [6.07, 6.45) is 1.11. The zero-order chi connectivity index (χ0) is 20.3. The van der Waals surface area contributed by atoms with Crippen LogP contribution in [-0.2, 0) is 14.8 Å². The van der Waals surface area contributed by atoms with Crippen molar-refractivity contribution in [2.45, 2.75) is 24.7 Å². The number of halogens is 1. The van der Waals surface area contributed by atoms with Crippen LogP contribution in [0.3, 0.4) is 0 Å². The Kier molecular flexibility index (Phi) is 6.00. The second kappa shape index (κ2) is 8.28. The van der Waals surface area contributed by atoms with Crippen LogP contribution >= 0.6 is 0 Å². The van der Waals surface area contributed by atoms with E-state index in [4.69, 9.17) is 4.74 Å².